The molecule has 2 rings (SSSR count). The van der Waals surface area contributed by atoms with Crippen LogP contribution in [-0.4, -0.2) is 50.6 Å². The average Bonchev–Trinajstić information content (AvgIpc) is 2.67. The number of carbonyl (C=O) groups excluding carboxylic acids is 2. The Labute approximate surface area is 166 Å². The van der Waals surface area contributed by atoms with Crippen LogP contribution in [0.15, 0.2) is 36.9 Å². The number of sulfonamides is 1. The summed E-state index contributed by atoms with van der Waals surface area (Å²) < 4.78 is 26.1. The second kappa shape index (κ2) is 10.1. The predicted molar refractivity (Wildman–Crippen MR) is 111 cm³/mol. The van der Waals surface area contributed by atoms with E-state index < -0.39 is 10.0 Å². The molecule has 0 spiro atoms. The van der Waals surface area contributed by atoms with E-state index >= 15 is 0 Å². The quantitative estimate of drug-likeness (QED) is 0.574. The van der Waals surface area contributed by atoms with E-state index in [1.807, 2.05) is 0 Å². The fourth-order valence-corrected chi connectivity index (χ4v) is 4.15. The van der Waals surface area contributed by atoms with Crippen LogP contribution in [0.2, 0.25) is 0 Å². The van der Waals surface area contributed by atoms with Crippen LogP contribution >= 0.6 is 0 Å². The molecule has 1 heterocycles. The first-order valence-electron chi connectivity index (χ1n) is 9.39. The number of carbonyl (C=O) groups is 2. The van der Waals surface area contributed by atoms with Gasteiger partial charge in [0.1, 0.15) is 0 Å². The number of likely N-dealkylation sites (tertiary alicyclic amines) is 1. The summed E-state index contributed by atoms with van der Waals surface area (Å²) in [5.74, 6) is -0.238. The normalized spacial score (nSPS) is 16.9. The molecule has 0 radical (unpaired) electrons. The zero-order valence-corrected chi connectivity index (χ0v) is 16.9. The minimum atomic E-state index is -3.35. The molecule has 154 valence electrons. The highest BCUT2D eigenvalue weighted by molar-refractivity contribution is 7.92. The van der Waals surface area contributed by atoms with Crippen molar-refractivity contribution in [3.63, 3.8) is 0 Å². The number of benzene rings is 1. The van der Waals surface area contributed by atoms with Gasteiger partial charge in [-0.25, -0.2) is 13.2 Å². The summed E-state index contributed by atoms with van der Waals surface area (Å²) in [4.78, 5) is 26.2. The van der Waals surface area contributed by atoms with Gasteiger partial charge in [-0.15, -0.1) is 6.58 Å². The molecule has 1 saturated heterocycles. The van der Waals surface area contributed by atoms with E-state index in [1.54, 1.807) is 42.2 Å². The number of urea groups is 1. The molecule has 3 N–H and O–H groups in total. The van der Waals surface area contributed by atoms with Gasteiger partial charge in [0.25, 0.3) is 0 Å². The van der Waals surface area contributed by atoms with Crippen LogP contribution < -0.4 is 15.4 Å². The molecule has 1 aromatic carbocycles. The molecule has 1 aliphatic rings. The lowest BCUT2D eigenvalue weighted by molar-refractivity contribution is -0.126. The molecule has 8 nitrogen and oxygen atoms in total. The minimum absolute atomic E-state index is 0.0575. The van der Waals surface area contributed by atoms with Gasteiger partial charge in [-0.3, -0.25) is 9.52 Å². The Balaban J connectivity index is 1.91. The van der Waals surface area contributed by atoms with Crippen molar-refractivity contribution in [3.05, 3.63) is 36.9 Å². The number of nitrogens with zero attached hydrogens (tertiary/aromatic N) is 1. The molecule has 1 fully saturated rings. The third kappa shape index (κ3) is 6.56. The van der Waals surface area contributed by atoms with Crippen molar-refractivity contribution in [1.29, 1.82) is 0 Å². The smallest absolute Gasteiger partial charge is 0.321 e. The first-order chi connectivity index (χ1) is 13.3. The van der Waals surface area contributed by atoms with Crippen molar-refractivity contribution in [2.24, 2.45) is 5.92 Å². The molecule has 1 aliphatic heterocycles. The molecule has 0 saturated carbocycles. The predicted octanol–water partition coefficient (Wildman–Crippen LogP) is 2.38. The van der Waals surface area contributed by atoms with E-state index in [0.29, 0.717) is 37.4 Å². The third-order valence-corrected chi connectivity index (χ3v) is 5.87. The molecule has 1 aromatic rings. The van der Waals surface area contributed by atoms with Gasteiger partial charge in [0.2, 0.25) is 15.9 Å². The van der Waals surface area contributed by atoms with E-state index in [1.165, 1.54) is 0 Å². The van der Waals surface area contributed by atoms with Crippen LogP contribution in [0.1, 0.15) is 26.2 Å². The Morgan fingerprint density at radius 1 is 1.25 bits per heavy atom. The summed E-state index contributed by atoms with van der Waals surface area (Å²) in [6.45, 7) is 6.74. The number of amides is 3. The number of hydrogen-bond donors (Lipinski definition) is 3. The molecule has 0 aliphatic carbocycles. The summed E-state index contributed by atoms with van der Waals surface area (Å²) in [6, 6.07) is 6.20. The maximum atomic E-state index is 12.5. The lowest BCUT2D eigenvalue weighted by atomic mass is 9.97. The molecule has 0 aromatic heterocycles. The summed E-state index contributed by atoms with van der Waals surface area (Å²) in [6.07, 6.45) is 3.67. The van der Waals surface area contributed by atoms with Crippen molar-refractivity contribution in [1.82, 2.24) is 10.2 Å². The summed E-state index contributed by atoms with van der Waals surface area (Å²) in [7, 11) is -3.35. The molecular formula is C19H28N4O4S. The third-order valence-electron chi connectivity index (χ3n) is 4.38. The summed E-state index contributed by atoms with van der Waals surface area (Å²) in [5, 5.41) is 5.56. The number of nitrogens with one attached hydrogen (secondary N) is 3. The second-order valence-electron chi connectivity index (χ2n) is 6.75. The van der Waals surface area contributed by atoms with Gasteiger partial charge in [-0.2, -0.15) is 0 Å². The molecular weight excluding hydrogens is 380 g/mol. The van der Waals surface area contributed by atoms with E-state index in [0.717, 1.165) is 12.8 Å². The highest BCUT2D eigenvalue weighted by atomic mass is 32.2. The van der Waals surface area contributed by atoms with Crippen molar-refractivity contribution in [2.45, 2.75) is 26.2 Å². The van der Waals surface area contributed by atoms with Crippen molar-refractivity contribution < 1.29 is 18.0 Å². The molecule has 28 heavy (non-hydrogen) atoms. The average molecular weight is 409 g/mol. The molecule has 1 atom stereocenters. The number of anilines is 2. The topological polar surface area (TPSA) is 108 Å². The molecule has 3 amide bonds. The van der Waals surface area contributed by atoms with Crippen LogP contribution in [0.4, 0.5) is 16.2 Å². The van der Waals surface area contributed by atoms with E-state index in [9.17, 15) is 18.0 Å². The monoisotopic (exact) mass is 408 g/mol. The highest BCUT2D eigenvalue weighted by Gasteiger charge is 2.28. The van der Waals surface area contributed by atoms with Crippen LogP contribution in [-0.2, 0) is 14.8 Å². The maximum Gasteiger partial charge on any atom is 0.321 e. The van der Waals surface area contributed by atoms with Gasteiger partial charge in [-0.05, 0) is 43.5 Å². The van der Waals surface area contributed by atoms with Crippen LogP contribution in [0, 0.1) is 5.92 Å². The SMILES string of the molecule is C=CCNC(=O)C1CCCN(C(=O)Nc2ccc(NS(=O)(=O)CCC)cc2)C1. The molecule has 1 unspecified atom stereocenters. The van der Waals surface area contributed by atoms with Gasteiger partial charge in [0.05, 0.1) is 11.7 Å². The van der Waals surface area contributed by atoms with Gasteiger partial charge in [-0.1, -0.05) is 13.0 Å². The van der Waals surface area contributed by atoms with Crippen LogP contribution in [0.25, 0.3) is 0 Å². The Hall–Kier alpha value is -2.55. The van der Waals surface area contributed by atoms with Gasteiger partial charge in [0.15, 0.2) is 0 Å². The first kappa shape index (κ1) is 21.7. The van der Waals surface area contributed by atoms with Gasteiger partial charge >= 0.3 is 6.03 Å². The van der Waals surface area contributed by atoms with Crippen molar-refractivity contribution in [3.8, 4) is 0 Å². The van der Waals surface area contributed by atoms with Crippen LogP contribution in [0.5, 0.6) is 0 Å². The van der Waals surface area contributed by atoms with E-state index in [2.05, 4.69) is 21.9 Å². The Morgan fingerprint density at radius 3 is 2.57 bits per heavy atom. The Bertz CT molecular complexity index is 793. The second-order valence-corrected chi connectivity index (χ2v) is 8.59. The van der Waals surface area contributed by atoms with Gasteiger partial charge < -0.3 is 15.5 Å². The summed E-state index contributed by atoms with van der Waals surface area (Å²) >= 11 is 0. The number of piperidine rings is 1. The minimum Gasteiger partial charge on any atom is -0.352 e. The van der Waals surface area contributed by atoms with Crippen molar-refractivity contribution in [2.75, 3.05) is 35.4 Å². The molecule has 9 heteroatoms. The zero-order valence-electron chi connectivity index (χ0n) is 16.1. The Morgan fingerprint density at radius 2 is 1.93 bits per heavy atom. The van der Waals surface area contributed by atoms with Crippen LogP contribution in [0.3, 0.4) is 0 Å². The summed E-state index contributed by atoms with van der Waals surface area (Å²) in [5.41, 5.74) is 1.00. The first-order valence-corrected chi connectivity index (χ1v) is 11.0. The number of hydrogen-bond acceptors (Lipinski definition) is 4. The van der Waals surface area contributed by atoms with Crippen molar-refractivity contribution >= 4 is 33.3 Å². The Kier molecular flexibility index (Phi) is 7.86. The maximum absolute atomic E-state index is 12.5. The van der Waals surface area contributed by atoms with E-state index in [4.69, 9.17) is 0 Å². The molecule has 0 bridgehead atoms. The lowest BCUT2D eigenvalue weighted by Crippen LogP contribution is -2.46. The lowest BCUT2D eigenvalue weighted by Gasteiger charge is -2.32. The zero-order chi connectivity index (χ0) is 20.6. The highest BCUT2D eigenvalue weighted by Crippen LogP contribution is 2.19. The standard InChI is InChI=1S/C19H28N4O4S/c1-3-11-20-18(24)15-6-5-12-23(14-15)19(25)21-16-7-9-17(10-8-16)22-28(26,27)13-4-2/h3,7-10,15,22H,1,4-6,11-14H2,2H3,(H,20,24)(H,21,25). The van der Waals surface area contributed by atoms with E-state index in [-0.39, 0.29) is 23.6 Å². The largest absolute Gasteiger partial charge is 0.352 e. The fraction of sp³-hybridized carbons (Fsp3) is 0.474. The van der Waals surface area contributed by atoms with Gasteiger partial charge in [0, 0.05) is 31.0 Å². The fourth-order valence-electron chi connectivity index (χ4n) is 3.02. The number of rotatable bonds is 8.